The van der Waals surface area contributed by atoms with Crippen molar-refractivity contribution in [1.29, 1.82) is 0 Å². The molecule has 0 fully saturated rings. The molecule has 0 aliphatic heterocycles. The van der Waals surface area contributed by atoms with Crippen LogP contribution in [0.15, 0.2) is 0 Å². The first-order valence-electron chi connectivity index (χ1n) is 6.79. The predicted octanol–water partition coefficient (Wildman–Crippen LogP) is 2.49. The van der Waals surface area contributed by atoms with Gasteiger partial charge in [-0.25, -0.2) is 4.98 Å². The third-order valence-electron chi connectivity index (χ3n) is 3.03. The Morgan fingerprint density at radius 2 is 2.10 bits per heavy atom. The summed E-state index contributed by atoms with van der Waals surface area (Å²) in [6.45, 7) is 8.13. The minimum atomic E-state index is -0.0880. The number of nitrogens with zero attached hydrogens (tertiary/aromatic N) is 1. The number of nitrogens with one attached hydrogen (secondary N) is 1. The summed E-state index contributed by atoms with van der Waals surface area (Å²) >= 11 is 3.03. The van der Waals surface area contributed by atoms with E-state index >= 15 is 0 Å². The number of thiazole rings is 1. The number of aromatic nitrogens is 1. The van der Waals surface area contributed by atoms with E-state index in [1.807, 2.05) is 20.1 Å². The van der Waals surface area contributed by atoms with Gasteiger partial charge in [0.1, 0.15) is 4.88 Å². The van der Waals surface area contributed by atoms with E-state index in [2.05, 4.69) is 24.1 Å². The van der Waals surface area contributed by atoms with Crippen molar-refractivity contribution in [1.82, 2.24) is 10.3 Å². The molecule has 1 aromatic heterocycles. The van der Waals surface area contributed by atoms with Gasteiger partial charge in [0.05, 0.1) is 17.3 Å². The summed E-state index contributed by atoms with van der Waals surface area (Å²) in [6, 6.07) is -0.0717. The molecular formula is C14H24N2O2S2. The van der Waals surface area contributed by atoms with Gasteiger partial charge in [-0.1, -0.05) is 13.8 Å². The van der Waals surface area contributed by atoms with Gasteiger partial charge in [-0.15, -0.1) is 11.3 Å². The van der Waals surface area contributed by atoms with Crippen molar-refractivity contribution in [3.8, 4) is 0 Å². The molecule has 4 nitrogen and oxygen atoms in total. The first-order chi connectivity index (χ1) is 9.38. The Balaban J connectivity index is 2.74. The van der Waals surface area contributed by atoms with Crippen LogP contribution < -0.4 is 5.32 Å². The normalized spacial score (nSPS) is 14.3. The van der Waals surface area contributed by atoms with Crippen molar-refractivity contribution < 1.29 is 9.90 Å². The van der Waals surface area contributed by atoms with E-state index in [4.69, 9.17) is 0 Å². The fourth-order valence-electron chi connectivity index (χ4n) is 1.90. The van der Waals surface area contributed by atoms with E-state index in [0.717, 1.165) is 17.1 Å². The number of aliphatic hydroxyl groups is 1. The number of aryl methyl sites for hydroxylation is 1. The molecule has 0 spiro atoms. The molecule has 0 saturated carbocycles. The Kier molecular flexibility index (Phi) is 6.99. The third-order valence-corrected chi connectivity index (χ3v) is 5.37. The first-order valence-corrected chi connectivity index (χ1v) is 8.90. The molecule has 0 aliphatic carbocycles. The standard InChI is InChI=1S/C14H24N2O2S2/c1-8(2)6-12-15-10(4)13(20-12)14(18)16-9(3)11(7-17)19-5/h8-9,11,17H,6-7H2,1-5H3,(H,16,18). The van der Waals surface area contributed by atoms with Crippen LogP contribution in [0.4, 0.5) is 0 Å². The van der Waals surface area contributed by atoms with E-state index in [9.17, 15) is 9.90 Å². The minimum absolute atomic E-state index is 0.0160. The third kappa shape index (κ3) is 4.75. The number of rotatable bonds is 7. The van der Waals surface area contributed by atoms with Crippen LogP contribution in [-0.4, -0.2) is 40.2 Å². The fraction of sp³-hybridized carbons (Fsp3) is 0.714. The molecule has 0 saturated heterocycles. The number of hydrogen-bond acceptors (Lipinski definition) is 5. The van der Waals surface area contributed by atoms with E-state index in [1.165, 1.54) is 11.3 Å². The highest BCUT2D eigenvalue weighted by atomic mass is 32.2. The summed E-state index contributed by atoms with van der Waals surface area (Å²) < 4.78 is 0. The molecule has 2 N–H and O–H groups in total. The molecule has 0 radical (unpaired) electrons. The molecule has 1 heterocycles. The van der Waals surface area contributed by atoms with Crippen molar-refractivity contribution >= 4 is 29.0 Å². The summed E-state index contributed by atoms with van der Waals surface area (Å²) in [7, 11) is 0. The second-order valence-corrected chi connectivity index (χ2v) is 7.50. The molecule has 6 heteroatoms. The average Bonchev–Trinajstić information content (AvgIpc) is 2.70. The van der Waals surface area contributed by atoms with Gasteiger partial charge >= 0.3 is 0 Å². The van der Waals surface area contributed by atoms with Crippen LogP contribution >= 0.6 is 23.1 Å². The molecular weight excluding hydrogens is 292 g/mol. The van der Waals surface area contributed by atoms with Crippen molar-refractivity contribution in [2.24, 2.45) is 5.92 Å². The Bertz CT molecular complexity index is 442. The molecule has 1 amide bonds. The zero-order valence-electron chi connectivity index (χ0n) is 12.8. The molecule has 0 bridgehead atoms. The Morgan fingerprint density at radius 3 is 2.60 bits per heavy atom. The van der Waals surface area contributed by atoms with Gasteiger partial charge in [0.15, 0.2) is 0 Å². The van der Waals surface area contributed by atoms with Gasteiger partial charge in [0.2, 0.25) is 0 Å². The van der Waals surface area contributed by atoms with Crippen LogP contribution in [0.3, 0.4) is 0 Å². The van der Waals surface area contributed by atoms with Gasteiger partial charge in [0, 0.05) is 17.7 Å². The Hall–Kier alpha value is -0.590. The predicted molar refractivity (Wildman–Crippen MR) is 86.7 cm³/mol. The number of amides is 1. The largest absolute Gasteiger partial charge is 0.395 e. The minimum Gasteiger partial charge on any atom is -0.395 e. The molecule has 0 aliphatic rings. The molecule has 114 valence electrons. The quantitative estimate of drug-likeness (QED) is 0.811. The average molecular weight is 316 g/mol. The molecule has 0 aromatic carbocycles. The molecule has 1 aromatic rings. The van der Waals surface area contributed by atoms with Gasteiger partial charge < -0.3 is 10.4 Å². The fourth-order valence-corrected chi connectivity index (χ4v) is 3.71. The molecule has 20 heavy (non-hydrogen) atoms. The summed E-state index contributed by atoms with van der Waals surface area (Å²) in [5.74, 6) is 0.445. The summed E-state index contributed by atoms with van der Waals surface area (Å²) in [4.78, 5) is 17.4. The second-order valence-electron chi connectivity index (χ2n) is 5.34. The van der Waals surface area contributed by atoms with Crippen LogP contribution in [0.5, 0.6) is 0 Å². The van der Waals surface area contributed by atoms with Crippen molar-refractivity contribution in [3.63, 3.8) is 0 Å². The van der Waals surface area contributed by atoms with Crippen molar-refractivity contribution in [2.45, 2.75) is 45.4 Å². The maximum atomic E-state index is 12.3. The van der Waals surface area contributed by atoms with E-state index < -0.39 is 0 Å². The van der Waals surface area contributed by atoms with Crippen LogP contribution in [0.25, 0.3) is 0 Å². The van der Waals surface area contributed by atoms with Gasteiger partial charge in [-0.2, -0.15) is 11.8 Å². The molecule has 2 unspecified atom stereocenters. The lowest BCUT2D eigenvalue weighted by Crippen LogP contribution is -2.41. The lowest BCUT2D eigenvalue weighted by Gasteiger charge is -2.20. The SMILES string of the molecule is CSC(CO)C(C)NC(=O)c1sc(CC(C)C)nc1C. The van der Waals surface area contributed by atoms with Gasteiger partial charge in [-0.05, 0) is 26.0 Å². The topological polar surface area (TPSA) is 62.2 Å². The summed E-state index contributed by atoms with van der Waals surface area (Å²) in [5.41, 5.74) is 0.792. The molecule has 2 atom stereocenters. The van der Waals surface area contributed by atoms with E-state index in [-0.39, 0.29) is 23.8 Å². The number of hydrogen-bond donors (Lipinski definition) is 2. The lowest BCUT2D eigenvalue weighted by molar-refractivity contribution is 0.0939. The van der Waals surface area contributed by atoms with Crippen molar-refractivity contribution in [3.05, 3.63) is 15.6 Å². The van der Waals surface area contributed by atoms with Crippen LogP contribution in [0.1, 0.15) is 41.1 Å². The highest BCUT2D eigenvalue weighted by Crippen LogP contribution is 2.21. The Morgan fingerprint density at radius 1 is 1.45 bits per heavy atom. The summed E-state index contributed by atoms with van der Waals surface area (Å²) in [6.07, 6.45) is 2.83. The second kappa shape index (κ2) is 8.00. The highest BCUT2D eigenvalue weighted by molar-refractivity contribution is 7.99. The zero-order chi connectivity index (χ0) is 15.3. The van der Waals surface area contributed by atoms with Gasteiger partial charge in [0.25, 0.3) is 5.91 Å². The number of carbonyl (C=O) groups excluding carboxylic acids is 1. The lowest BCUT2D eigenvalue weighted by atomic mass is 10.1. The van der Waals surface area contributed by atoms with Crippen LogP contribution in [-0.2, 0) is 6.42 Å². The molecule has 1 rings (SSSR count). The van der Waals surface area contributed by atoms with Crippen molar-refractivity contribution in [2.75, 3.05) is 12.9 Å². The first kappa shape index (κ1) is 17.5. The number of carbonyl (C=O) groups is 1. The number of aliphatic hydroxyl groups excluding tert-OH is 1. The van der Waals surface area contributed by atoms with Crippen LogP contribution in [0.2, 0.25) is 0 Å². The van der Waals surface area contributed by atoms with E-state index in [1.54, 1.807) is 11.8 Å². The maximum Gasteiger partial charge on any atom is 0.263 e. The zero-order valence-corrected chi connectivity index (χ0v) is 14.4. The monoisotopic (exact) mass is 316 g/mol. The number of thioether (sulfide) groups is 1. The maximum absolute atomic E-state index is 12.3. The van der Waals surface area contributed by atoms with Crippen LogP contribution in [0, 0.1) is 12.8 Å². The van der Waals surface area contributed by atoms with E-state index in [0.29, 0.717) is 10.8 Å². The smallest absolute Gasteiger partial charge is 0.263 e. The summed E-state index contributed by atoms with van der Waals surface area (Å²) in [5, 5.41) is 13.2. The Labute approximate surface area is 129 Å². The highest BCUT2D eigenvalue weighted by Gasteiger charge is 2.21. The van der Waals surface area contributed by atoms with Gasteiger partial charge in [-0.3, -0.25) is 4.79 Å².